The average molecular weight is 413 g/mol. The maximum Gasteiger partial charge on any atom is 0.325 e. The number of hydrogen-bond acceptors (Lipinski definition) is 4. The van der Waals surface area contributed by atoms with Gasteiger partial charge in [-0.25, -0.2) is 0 Å². The van der Waals surface area contributed by atoms with Crippen LogP contribution in [0.15, 0.2) is 28.7 Å². The summed E-state index contributed by atoms with van der Waals surface area (Å²) in [4.78, 5) is 34.9. The largest absolute Gasteiger partial charge is 0.454 e. The molecule has 2 amide bonds. The summed E-state index contributed by atoms with van der Waals surface area (Å²) in [5, 5.41) is 5.23. The van der Waals surface area contributed by atoms with Crippen molar-refractivity contribution in [2.75, 3.05) is 13.2 Å². The molecule has 0 aliphatic carbocycles. The lowest BCUT2D eigenvalue weighted by Crippen LogP contribution is -2.34. The van der Waals surface area contributed by atoms with Gasteiger partial charge >= 0.3 is 5.97 Å². The van der Waals surface area contributed by atoms with E-state index in [4.69, 9.17) is 4.74 Å². The van der Waals surface area contributed by atoms with E-state index in [0.717, 1.165) is 16.5 Å². The molecule has 0 aliphatic heterocycles. The van der Waals surface area contributed by atoms with Crippen LogP contribution in [0.4, 0.5) is 0 Å². The monoisotopic (exact) mass is 412 g/mol. The second-order valence-corrected chi connectivity index (χ2v) is 7.13. The summed E-state index contributed by atoms with van der Waals surface area (Å²) in [7, 11) is 0. The van der Waals surface area contributed by atoms with E-state index in [-0.39, 0.29) is 25.1 Å². The van der Waals surface area contributed by atoms with Crippen LogP contribution in [0.5, 0.6) is 0 Å². The Balaban J connectivity index is 2.25. The van der Waals surface area contributed by atoms with E-state index in [1.54, 1.807) is 0 Å². The Morgan fingerprint density at radius 1 is 1.08 bits per heavy atom. The minimum Gasteiger partial charge on any atom is -0.454 e. The van der Waals surface area contributed by atoms with Crippen molar-refractivity contribution < 1.29 is 19.1 Å². The molecule has 0 saturated carbocycles. The Labute approximate surface area is 156 Å². The van der Waals surface area contributed by atoms with Crippen molar-refractivity contribution >= 4 is 33.7 Å². The molecular formula is C18H25BrN2O4. The Hall–Kier alpha value is -1.89. The van der Waals surface area contributed by atoms with Crippen molar-refractivity contribution in [1.29, 1.82) is 0 Å². The number of esters is 1. The number of benzene rings is 1. The fourth-order valence-corrected chi connectivity index (χ4v) is 2.26. The molecule has 7 heteroatoms. The number of halogens is 1. The zero-order valence-electron chi connectivity index (χ0n) is 14.8. The first-order chi connectivity index (χ1) is 11.8. The van der Waals surface area contributed by atoms with E-state index in [0.29, 0.717) is 12.3 Å². The normalized spacial score (nSPS) is 11.7. The number of amides is 2. The molecule has 0 aliphatic rings. The maximum absolute atomic E-state index is 11.8. The number of rotatable bonds is 9. The summed E-state index contributed by atoms with van der Waals surface area (Å²) in [5.41, 5.74) is 0.945. The van der Waals surface area contributed by atoms with Crippen LogP contribution in [0.2, 0.25) is 0 Å². The summed E-state index contributed by atoms with van der Waals surface area (Å²) in [6, 6.07) is 7.37. The minimum absolute atomic E-state index is 0.195. The van der Waals surface area contributed by atoms with Crippen LogP contribution in [0.25, 0.3) is 0 Å². The van der Waals surface area contributed by atoms with Crippen LogP contribution in [0.3, 0.4) is 0 Å². The zero-order chi connectivity index (χ0) is 18.8. The van der Waals surface area contributed by atoms with Crippen LogP contribution in [0.1, 0.15) is 45.2 Å². The van der Waals surface area contributed by atoms with Gasteiger partial charge in [0.25, 0.3) is 5.91 Å². The smallest absolute Gasteiger partial charge is 0.325 e. The number of nitrogens with one attached hydrogen (secondary N) is 2. The minimum atomic E-state index is -0.635. The first kappa shape index (κ1) is 21.2. The van der Waals surface area contributed by atoms with E-state index < -0.39 is 11.9 Å². The van der Waals surface area contributed by atoms with E-state index in [9.17, 15) is 14.4 Å². The van der Waals surface area contributed by atoms with Gasteiger partial charge in [0, 0.05) is 10.9 Å². The predicted molar refractivity (Wildman–Crippen MR) is 98.7 cm³/mol. The van der Waals surface area contributed by atoms with Gasteiger partial charge in [0.15, 0.2) is 6.61 Å². The third kappa shape index (κ3) is 9.24. The molecule has 1 unspecified atom stereocenters. The van der Waals surface area contributed by atoms with Crippen LogP contribution in [-0.4, -0.2) is 30.9 Å². The summed E-state index contributed by atoms with van der Waals surface area (Å²) >= 11 is 3.35. The zero-order valence-corrected chi connectivity index (χ0v) is 16.4. The molecule has 138 valence electrons. The molecule has 0 saturated heterocycles. The predicted octanol–water partition coefficient (Wildman–Crippen LogP) is 2.72. The third-order valence-electron chi connectivity index (χ3n) is 3.49. The second kappa shape index (κ2) is 10.9. The number of ether oxygens (including phenoxy) is 1. The van der Waals surface area contributed by atoms with Gasteiger partial charge in [-0.3, -0.25) is 14.4 Å². The molecule has 0 radical (unpaired) electrons. The molecular weight excluding hydrogens is 388 g/mol. The van der Waals surface area contributed by atoms with Gasteiger partial charge in [-0.2, -0.15) is 0 Å². The van der Waals surface area contributed by atoms with Gasteiger partial charge in [-0.05, 0) is 37.0 Å². The van der Waals surface area contributed by atoms with E-state index in [2.05, 4.69) is 26.6 Å². The fraction of sp³-hybridized carbons (Fsp3) is 0.500. The van der Waals surface area contributed by atoms with Crippen LogP contribution < -0.4 is 10.6 Å². The lowest BCUT2D eigenvalue weighted by Gasteiger charge is -2.14. The van der Waals surface area contributed by atoms with Crippen molar-refractivity contribution in [2.45, 2.75) is 39.7 Å². The lowest BCUT2D eigenvalue weighted by molar-refractivity contribution is -0.148. The molecule has 6 nitrogen and oxygen atoms in total. The van der Waals surface area contributed by atoms with Crippen molar-refractivity contribution in [3.8, 4) is 0 Å². The van der Waals surface area contributed by atoms with Crippen LogP contribution in [0, 0.1) is 5.92 Å². The van der Waals surface area contributed by atoms with E-state index in [1.807, 2.05) is 45.0 Å². The molecule has 1 atom stereocenters. The Bertz CT molecular complexity index is 587. The first-order valence-corrected chi connectivity index (χ1v) is 9.04. The van der Waals surface area contributed by atoms with Crippen molar-refractivity contribution in [1.82, 2.24) is 10.6 Å². The standard InChI is InChI=1S/C18H25BrN2O4/c1-12(2)4-9-16(22)20-10-18(24)25-11-17(23)21-13(3)14-5-7-15(19)8-6-14/h5-8,12-13H,4,9-11H2,1-3H3,(H,20,22)(H,21,23). The van der Waals surface area contributed by atoms with E-state index >= 15 is 0 Å². The van der Waals surface area contributed by atoms with Crippen LogP contribution in [-0.2, 0) is 19.1 Å². The highest BCUT2D eigenvalue weighted by Crippen LogP contribution is 2.16. The van der Waals surface area contributed by atoms with Crippen LogP contribution >= 0.6 is 15.9 Å². The van der Waals surface area contributed by atoms with Crippen molar-refractivity contribution in [3.63, 3.8) is 0 Å². The van der Waals surface area contributed by atoms with Gasteiger partial charge in [-0.1, -0.05) is 41.9 Å². The SMILES string of the molecule is CC(C)CCC(=O)NCC(=O)OCC(=O)NC(C)c1ccc(Br)cc1. The number of hydrogen-bond donors (Lipinski definition) is 2. The molecule has 1 rings (SSSR count). The van der Waals surface area contributed by atoms with Gasteiger partial charge in [0.1, 0.15) is 6.54 Å². The summed E-state index contributed by atoms with van der Waals surface area (Å²) in [6.07, 6.45) is 1.13. The van der Waals surface area contributed by atoms with Crippen molar-refractivity contribution in [2.24, 2.45) is 5.92 Å². The highest BCUT2D eigenvalue weighted by atomic mass is 79.9. The van der Waals surface area contributed by atoms with Gasteiger partial charge < -0.3 is 15.4 Å². The third-order valence-corrected chi connectivity index (χ3v) is 4.02. The molecule has 0 bridgehead atoms. The van der Waals surface area contributed by atoms with Gasteiger partial charge in [-0.15, -0.1) is 0 Å². The lowest BCUT2D eigenvalue weighted by atomic mass is 10.1. The molecule has 0 spiro atoms. The van der Waals surface area contributed by atoms with Crippen molar-refractivity contribution in [3.05, 3.63) is 34.3 Å². The maximum atomic E-state index is 11.8. The number of carbonyl (C=O) groups is 3. The Morgan fingerprint density at radius 3 is 2.32 bits per heavy atom. The van der Waals surface area contributed by atoms with E-state index in [1.165, 1.54) is 0 Å². The van der Waals surface area contributed by atoms with Gasteiger partial charge in [0.2, 0.25) is 5.91 Å². The molecule has 1 aromatic carbocycles. The quantitative estimate of drug-likeness (QED) is 0.610. The first-order valence-electron chi connectivity index (χ1n) is 8.25. The highest BCUT2D eigenvalue weighted by Gasteiger charge is 2.13. The highest BCUT2D eigenvalue weighted by molar-refractivity contribution is 9.10. The topological polar surface area (TPSA) is 84.5 Å². The summed E-state index contributed by atoms with van der Waals surface area (Å²) in [6.45, 7) is 5.29. The molecule has 1 aromatic rings. The number of carbonyl (C=O) groups excluding carboxylic acids is 3. The fourth-order valence-electron chi connectivity index (χ4n) is 1.99. The average Bonchev–Trinajstić information content (AvgIpc) is 2.56. The molecule has 0 fully saturated rings. The Kier molecular flexibility index (Phi) is 9.20. The second-order valence-electron chi connectivity index (χ2n) is 6.21. The Morgan fingerprint density at radius 2 is 1.72 bits per heavy atom. The summed E-state index contributed by atoms with van der Waals surface area (Å²) in [5.74, 6) is -0.799. The molecule has 2 N–H and O–H groups in total. The van der Waals surface area contributed by atoms with Gasteiger partial charge in [0.05, 0.1) is 6.04 Å². The summed E-state index contributed by atoms with van der Waals surface area (Å²) < 4.78 is 5.82. The molecule has 25 heavy (non-hydrogen) atoms. The molecule has 0 aromatic heterocycles. The molecule has 0 heterocycles.